The van der Waals surface area contributed by atoms with Gasteiger partial charge in [0.1, 0.15) is 0 Å². The summed E-state index contributed by atoms with van der Waals surface area (Å²) in [6.07, 6.45) is 3.88. The molecule has 1 aromatic carbocycles. The van der Waals surface area contributed by atoms with Crippen molar-refractivity contribution in [2.75, 3.05) is 5.73 Å². The molecule has 0 saturated heterocycles. The average Bonchev–Trinajstić information content (AvgIpc) is 3.00. The standard InChI is InChI=1S/C15H21N5/c1-10-3-4-12(7-10)9-20-15(17-18-19-20)14-6-5-13(16)8-11(14)2/h5-6,8,10,12H,3-4,7,9,16H2,1-2H3. The lowest BCUT2D eigenvalue weighted by molar-refractivity contribution is 0.412. The first-order valence-electron chi connectivity index (χ1n) is 7.26. The van der Waals surface area contributed by atoms with E-state index in [1.54, 1.807) is 0 Å². The minimum Gasteiger partial charge on any atom is -0.399 e. The van der Waals surface area contributed by atoms with Crippen molar-refractivity contribution in [3.8, 4) is 11.4 Å². The Morgan fingerprint density at radius 1 is 1.35 bits per heavy atom. The number of nitrogens with two attached hydrogens (primary N) is 1. The molecule has 20 heavy (non-hydrogen) atoms. The molecular formula is C15H21N5. The summed E-state index contributed by atoms with van der Waals surface area (Å²) >= 11 is 0. The summed E-state index contributed by atoms with van der Waals surface area (Å²) in [5, 5.41) is 12.2. The van der Waals surface area contributed by atoms with E-state index in [9.17, 15) is 0 Å². The Kier molecular flexibility index (Phi) is 3.42. The molecule has 5 heteroatoms. The Labute approximate surface area is 119 Å². The largest absolute Gasteiger partial charge is 0.399 e. The van der Waals surface area contributed by atoms with Crippen LogP contribution in [-0.4, -0.2) is 20.2 Å². The number of aryl methyl sites for hydroxylation is 1. The lowest BCUT2D eigenvalue weighted by Gasteiger charge is -2.12. The zero-order chi connectivity index (χ0) is 14.1. The Bertz CT molecular complexity index is 604. The molecule has 5 nitrogen and oxygen atoms in total. The summed E-state index contributed by atoms with van der Waals surface area (Å²) in [5.41, 5.74) is 8.76. The molecule has 2 atom stereocenters. The summed E-state index contributed by atoms with van der Waals surface area (Å²) in [5.74, 6) is 2.38. The molecule has 2 unspecified atom stereocenters. The summed E-state index contributed by atoms with van der Waals surface area (Å²) in [6.45, 7) is 5.28. The second kappa shape index (κ2) is 5.23. The molecule has 0 aliphatic heterocycles. The minimum atomic E-state index is 0.696. The van der Waals surface area contributed by atoms with Crippen molar-refractivity contribution in [1.82, 2.24) is 20.2 Å². The summed E-state index contributed by atoms with van der Waals surface area (Å²) < 4.78 is 1.95. The molecule has 0 spiro atoms. The highest BCUT2D eigenvalue weighted by Crippen LogP contribution is 2.32. The molecule has 1 saturated carbocycles. The van der Waals surface area contributed by atoms with E-state index in [1.807, 2.05) is 29.8 Å². The van der Waals surface area contributed by atoms with Gasteiger partial charge in [0, 0.05) is 17.8 Å². The van der Waals surface area contributed by atoms with Gasteiger partial charge in [0.25, 0.3) is 0 Å². The van der Waals surface area contributed by atoms with E-state index in [4.69, 9.17) is 5.73 Å². The summed E-state index contributed by atoms with van der Waals surface area (Å²) in [4.78, 5) is 0. The van der Waals surface area contributed by atoms with Crippen LogP contribution in [0, 0.1) is 18.8 Å². The number of aromatic nitrogens is 4. The lowest BCUT2D eigenvalue weighted by Crippen LogP contribution is -2.11. The highest BCUT2D eigenvalue weighted by atomic mass is 15.5. The van der Waals surface area contributed by atoms with Crippen molar-refractivity contribution in [3.63, 3.8) is 0 Å². The molecule has 2 aromatic rings. The quantitative estimate of drug-likeness (QED) is 0.871. The average molecular weight is 271 g/mol. The van der Waals surface area contributed by atoms with Crippen molar-refractivity contribution in [3.05, 3.63) is 23.8 Å². The topological polar surface area (TPSA) is 69.6 Å². The first kappa shape index (κ1) is 13.1. The highest BCUT2D eigenvalue weighted by molar-refractivity contribution is 5.63. The van der Waals surface area contributed by atoms with Crippen LogP contribution in [0.15, 0.2) is 18.2 Å². The Balaban J connectivity index is 1.86. The third-order valence-electron chi connectivity index (χ3n) is 4.26. The van der Waals surface area contributed by atoms with E-state index >= 15 is 0 Å². The summed E-state index contributed by atoms with van der Waals surface area (Å²) in [7, 11) is 0. The number of hydrogen-bond acceptors (Lipinski definition) is 4. The first-order chi connectivity index (χ1) is 9.63. The predicted molar refractivity (Wildman–Crippen MR) is 78.9 cm³/mol. The van der Waals surface area contributed by atoms with E-state index in [0.717, 1.165) is 35.1 Å². The number of benzene rings is 1. The van der Waals surface area contributed by atoms with Gasteiger partial charge in [-0.2, -0.15) is 0 Å². The molecule has 0 radical (unpaired) electrons. The van der Waals surface area contributed by atoms with E-state index in [-0.39, 0.29) is 0 Å². The normalized spacial score (nSPS) is 22.3. The van der Waals surface area contributed by atoms with Crippen LogP contribution in [0.1, 0.15) is 31.7 Å². The van der Waals surface area contributed by atoms with Gasteiger partial charge in [-0.15, -0.1) is 5.10 Å². The number of nitrogens with zero attached hydrogens (tertiary/aromatic N) is 4. The van der Waals surface area contributed by atoms with Crippen LogP contribution < -0.4 is 5.73 Å². The van der Waals surface area contributed by atoms with Crippen molar-refractivity contribution in [2.24, 2.45) is 11.8 Å². The minimum absolute atomic E-state index is 0.696. The fourth-order valence-corrected chi connectivity index (χ4v) is 3.19. The van der Waals surface area contributed by atoms with Crippen LogP contribution in [0.3, 0.4) is 0 Å². The Morgan fingerprint density at radius 3 is 2.90 bits per heavy atom. The van der Waals surface area contributed by atoms with Gasteiger partial charge in [-0.05, 0) is 65.8 Å². The molecule has 2 N–H and O–H groups in total. The number of anilines is 1. The molecule has 1 aromatic heterocycles. The van der Waals surface area contributed by atoms with Crippen molar-refractivity contribution in [1.29, 1.82) is 0 Å². The van der Waals surface area contributed by atoms with E-state index in [2.05, 4.69) is 22.4 Å². The third kappa shape index (κ3) is 2.53. The van der Waals surface area contributed by atoms with Crippen LogP contribution >= 0.6 is 0 Å². The maximum absolute atomic E-state index is 5.81. The summed E-state index contributed by atoms with van der Waals surface area (Å²) in [6, 6.07) is 5.87. The molecular weight excluding hydrogens is 250 g/mol. The van der Waals surface area contributed by atoms with Gasteiger partial charge < -0.3 is 5.73 Å². The van der Waals surface area contributed by atoms with Crippen molar-refractivity contribution < 1.29 is 0 Å². The second-order valence-corrected chi connectivity index (χ2v) is 6.04. The fourth-order valence-electron chi connectivity index (χ4n) is 3.19. The number of rotatable bonds is 3. The second-order valence-electron chi connectivity index (χ2n) is 6.04. The van der Waals surface area contributed by atoms with Crippen LogP contribution in [0.2, 0.25) is 0 Å². The van der Waals surface area contributed by atoms with Crippen molar-refractivity contribution >= 4 is 5.69 Å². The molecule has 0 bridgehead atoms. The van der Waals surface area contributed by atoms with Crippen LogP contribution in [-0.2, 0) is 6.54 Å². The van der Waals surface area contributed by atoms with Crippen LogP contribution in [0.4, 0.5) is 5.69 Å². The van der Waals surface area contributed by atoms with Gasteiger partial charge in [-0.25, -0.2) is 4.68 Å². The van der Waals surface area contributed by atoms with E-state index in [1.165, 1.54) is 19.3 Å². The molecule has 106 valence electrons. The number of tetrazole rings is 1. The molecule has 1 aliphatic rings. The smallest absolute Gasteiger partial charge is 0.182 e. The monoisotopic (exact) mass is 271 g/mol. The van der Waals surface area contributed by atoms with Crippen molar-refractivity contribution in [2.45, 2.75) is 39.7 Å². The van der Waals surface area contributed by atoms with Gasteiger partial charge in [0.2, 0.25) is 0 Å². The molecule has 1 heterocycles. The highest BCUT2D eigenvalue weighted by Gasteiger charge is 2.23. The zero-order valence-electron chi connectivity index (χ0n) is 12.1. The van der Waals surface area contributed by atoms with Gasteiger partial charge in [0.05, 0.1) is 0 Å². The SMILES string of the molecule is Cc1cc(N)ccc1-c1nnnn1CC1CCC(C)C1. The van der Waals surface area contributed by atoms with Crippen LogP contribution in [0.5, 0.6) is 0 Å². The zero-order valence-corrected chi connectivity index (χ0v) is 12.1. The number of hydrogen-bond donors (Lipinski definition) is 1. The predicted octanol–water partition coefficient (Wildman–Crippen LogP) is 2.67. The van der Waals surface area contributed by atoms with Gasteiger partial charge >= 0.3 is 0 Å². The van der Waals surface area contributed by atoms with Gasteiger partial charge in [-0.1, -0.05) is 13.3 Å². The molecule has 0 amide bonds. The third-order valence-corrected chi connectivity index (χ3v) is 4.26. The first-order valence-corrected chi connectivity index (χ1v) is 7.26. The Morgan fingerprint density at radius 2 is 2.20 bits per heavy atom. The van der Waals surface area contributed by atoms with Gasteiger partial charge in [0.15, 0.2) is 5.82 Å². The van der Waals surface area contributed by atoms with E-state index in [0.29, 0.717) is 5.92 Å². The Hall–Kier alpha value is -1.91. The fraction of sp³-hybridized carbons (Fsp3) is 0.533. The molecule has 1 fully saturated rings. The maximum Gasteiger partial charge on any atom is 0.182 e. The lowest BCUT2D eigenvalue weighted by atomic mass is 10.1. The molecule has 1 aliphatic carbocycles. The number of nitrogen functional groups attached to an aromatic ring is 1. The molecule has 3 rings (SSSR count). The van der Waals surface area contributed by atoms with E-state index < -0.39 is 0 Å². The van der Waals surface area contributed by atoms with Gasteiger partial charge in [-0.3, -0.25) is 0 Å². The maximum atomic E-state index is 5.81. The van der Waals surface area contributed by atoms with Crippen LogP contribution in [0.25, 0.3) is 11.4 Å².